The van der Waals surface area contributed by atoms with Gasteiger partial charge in [-0.3, -0.25) is 4.79 Å². The van der Waals surface area contributed by atoms with Gasteiger partial charge in [0, 0.05) is 14.1 Å². The lowest BCUT2D eigenvalue weighted by Crippen LogP contribution is -2.32. The van der Waals surface area contributed by atoms with Gasteiger partial charge in [0.05, 0.1) is 22.2 Å². The highest BCUT2D eigenvalue weighted by Gasteiger charge is 2.23. The van der Waals surface area contributed by atoms with E-state index in [0.29, 0.717) is 16.3 Å². The second-order valence-electron chi connectivity index (χ2n) is 8.12. The SMILES string of the molecule is CN(C)S(=O)(=O)c1ccc2oc3nnc(SCC(=O)N[C@H]4CCCc5ccccc54)n3c2c1. The number of sulfonamides is 1. The first-order valence-electron chi connectivity index (χ1n) is 10.5. The third-order valence-electron chi connectivity index (χ3n) is 5.79. The number of nitrogens with one attached hydrogen (secondary N) is 1. The Bertz CT molecular complexity index is 1460. The minimum absolute atomic E-state index is 0.00928. The first-order valence-corrected chi connectivity index (χ1v) is 13.0. The van der Waals surface area contributed by atoms with Crippen LogP contribution in [0.3, 0.4) is 0 Å². The highest BCUT2D eigenvalue weighted by Crippen LogP contribution is 2.30. The zero-order chi connectivity index (χ0) is 23.2. The monoisotopic (exact) mass is 485 g/mol. The second kappa shape index (κ2) is 8.47. The predicted octanol–water partition coefficient (Wildman–Crippen LogP) is 3.01. The number of fused-ring (bicyclic) bond motifs is 4. The molecule has 11 heteroatoms. The Labute approximate surface area is 195 Å². The first-order chi connectivity index (χ1) is 15.8. The van der Waals surface area contributed by atoms with Crippen LogP contribution < -0.4 is 5.32 Å². The Morgan fingerprint density at radius 3 is 2.88 bits per heavy atom. The number of thioether (sulfide) groups is 1. The summed E-state index contributed by atoms with van der Waals surface area (Å²) in [4.78, 5) is 12.9. The van der Waals surface area contributed by atoms with Crippen LogP contribution in [0.1, 0.15) is 30.0 Å². The summed E-state index contributed by atoms with van der Waals surface area (Å²) in [5.74, 6) is 0.303. The molecule has 9 nitrogen and oxygen atoms in total. The number of amides is 1. The van der Waals surface area contributed by atoms with E-state index < -0.39 is 10.0 Å². The zero-order valence-corrected chi connectivity index (χ0v) is 19.8. The molecule has 0 bridgehead atoms. The van der Waals surface area contributed by atoms with Crippen molar-refractivity contribution in [1.29, 1.82) is 0 Å². The van der Waals surface area contributed by atoms with Crippen molar-refractivity contribution in [3.63, 3.8) is 0 Å². The summed E-state index contributed by atoms with van der Waals surface area (Å²) in [6.45, 7) is 0. The Kier molecular flexibility index (Phi) is 5.63. The molecule has 1 amide bonds. The van der Waals surface area contributed by atoms with Crippen LogP contribution >= 0.6 is 11.8 Å². The van der Waals surface area contributed by atoms with Crippen LogP contribution in [0, 0.1) is 0 Å². The Morgan fingerprint density at radius 2 is 2.06 bits per heavy atom. The van der Waals surface area contributed by atoms with Crippen molar-refractivity contribution in [2.75, 3.05) is 19.8 Å². The molecule has 2 aromatic carbocycles. The molecule has 0 aliphatic heterocycles. The van der Waals surface area contributed by atoms with Gasteiger partial charge in [-0.2, -0.15) is 0 Å². The van der Waals surface area contributed by atoms with E-state index in [1.165, 1.54) is 49.1 Å². The Morgan fingerprint density at radius 1 is 1.24 bits per heavy atom. The van der Waals surface area contributed by atoms with E-state index in [1.54, 1.807) is 10.5 Å². The van der Waals surface area contributed by atoms with Crippen LogP contribution in [0.25, 0.3) is 16.9 Å². The van der Waals surface area contributed by atoms with Gasteiger partial charge in [-0.25, -0.2) is 17.1 Å². The van der Waals surface area contributed by atoms with Gasteiger partial charge in [-0.15, -0.1) is 5.10 Å². The molecule has 1 aliphatic rings. The van der Waals surface area contributed by atoms with Crippen LogP contribution in [0.2, 0.25) is 0 Å². The summed E-state index contributed by atoms with van der Waals surface area (Å²) in [5, 5.41) is 11.8. The molecule has 2 aromatic heterocycles. The third kappa shape index (κ3) is 4.00. The molecule has 4 aromatic rings. The number of benzene rings is 2. The summed E-state index contributed by atoms with van der Waals surface area (Å²) < 4.78 is 33.6. The molecule has 0 unspecified atom stereocenters. The summed E-state index contributed by atoms with van der Waals surface area (Å²) in [7, 11) is -0.651. The Hall–Kier alpha value is -2.89. The average molecular weight is 486 g/mol. The number of carbonyl (C=O) groups excluding carboxylic acids is 1. The van der Waals surface area contributed by atoms with E-state index in [9.17, 15) is 13.2 Å². The fourth-order valence-electron chi connectivity index (χ4n) is 4.12. The first kappa shape index (κ1) is 21.9. The summed E-state index contributed by atoms with van der Waals surface area (Å²) in [5.41, 5.74) is 3.49. The van der Waals surface area contributed by atoms with Gasteiger partial charge in [-0.05, 0) is 48.6 Å². The lowest BCUT2D eigenvalue weighted by Gasteiger charge is -2.26. The molecule has 5 rings (SSSR count). The van der Waals surface area contributed by atoms with Crippen molar-refractivity contribution in [3.05, 3.63) is 53.6 Å². The molecular weight excluding hydrogens is 462 g/mol. The van der Waals surface area contributed by atoms with Gasteiger partial charge < -0.3 is 9.73 Å². The molecule has 0 saturated heterocycles. The molecule has 0 saturated carbocycles. The number of nitrogens with zero attached hydrogens (tertiary/aromatic N) is 4. The van der Waals surface area contributed by atoms with Crippen molar-refractivity contribution in [1.82, 2.24) is 24.2 Å². The smallest absolute Gasteiger partial charge is 0.328 e. The van der Waals surface area contributed by atoms with E-state index in [4.69, 9.17) is 4.42 Å². The van der Waals surface area contributed by atoms with Crippen LogP contribution in [-0.4, -0.2) is 53.1 Å². The number of carbonyl (C=O) groups is 1. The highest BCUT2D eigenvalue weighted by molar-refractivity contribution is 7.99. The quantitative estimate of drug-likeness (QED) is 0.418. The van der Waals surface area contributed by atoms with Crippen molar-refractivity contribution < 1.29 is 17.6 Å². The zero-order valence-electron chi connectivity index (χ0n) is 18.2. The van der Waals surface area contributed by atoms with Gasteiger partial charge in [-0.1, -0.05) is 41.1 Å². The van der Waals surface area contributed by atoms with Gasteiger partial charge in [0.25, 0.3) is 0 Å². The van der Waals surface area contributed by atoms with E-state index >= 15 is 0 Å². The number of aryl methyl sites for hydroxylation is 1. The fourth-order valence-corrected chi connectivity index (χ4v) is 5.79. The fraction of sp³-hybridized carbons (Fsp3) is 0.318. The number of hydrogen-bond acceptors (Lipinski definition) is 7. The molecule has 1 atom stereocenters. The van der Waals surface area contributed by atoms with Crippen LogP contribution in [0.4, 0.5) is 0 Å². The van der Waals surface area contributed by atoms with Crippen molar-refractivity contribution in [2.45, 2.75) is 35.4 Å². The van der Waals surface area contributed by atoms with Crippen molar-refractivity contribution in [3.8, 4) is 0 Å². The van der Waals surface area contributed by atoms with E-state index in [2.05, 4.69) is 27.6 Å². The van der Waals surface area contributed by atoms with Crippen molar-refractivity contribution in [2.24, 2.45) is 0 Å². The molecule has 172 valence electrons. The van der Waals surface area contributed by atoms with Gasteiger partial charge in [0.2, 0.25) is 15.9 Å². The van der Waals surface area contributed by atoms with Crippen LogP contribution in [0.15, 0.2) is 56.9 Å². The predicted molar refractivity (Wildman–Crippen MR) is 125 cm³/mol. The van der Waals surface area contributed by atoms with Gasteiger partial charge in [0.1, 0.15) is 0 Å². The van der Waals surface area contributed by atoms with Gasteiger partial charge >= 0.3 is 5.84 Å². The molecule has 33 heavy (non-hydrogen) atoms. The second-order valence-corrected chi connectivity index (χ2v) is 11.2. The molecule has 0 radical (unpaired) electrons. The summed E-state index contributed by atoms with van der Waals surface area (Å²) >= 11 is 1.23. The molecule has 2 heterocycles. The van der Waals surface area contributed by atoms with Gasteiger partial charge in [0.15, 0.2) is 10.7 Å². The standard InChI is InChI=1S/C22H23N5O4S2/c1-26(2)33(29,30)15-10-11-19-18(12-15)27-21(31-19)24-25-22(27)32-13-20(28)23-17-9-5-7-14-6-3-4-8-16(14)17/h3-4,6,8,10-12,17H,5,7,9,13H2,1-2H3,(H,23,28)/t17-/m0/s1. The molecule has 0 fully saturated rings. The summed E-state index contributed by atoms with van der Waals surface area (Å²) in [6, 6.07) is 12.9. The molecule has 1 aliphatic carbocycles. The van der Waals surface area contributed by atoms with Crippen LogP contribution in [0.5, 0.6) is 0 Å². The molecule has 0 spiro atoms. The lowest BCUT2D eigenvalue weighted by molar-refractivity contribution is -0.119. The lowest BCUT2D eigenvalue weighted by atomic mass is 9.88. The third-order valence-corrected chi connectivity index (χ3v) is 8.53. The molecule has 1 N–H and O–H groups in total. The average Bonchev–Trinajstić information content (AvgIpc) is 3.36. The van der Waals surface area contributed by atoms with Crippen molar-refractivity contribution >= 4 is 44.6 Å². The number of hydrogen-bond donors (Lipinski definition) is 1. The number of aromatic nitrogens is 3. The number of oxazole rings is 1. The molecular formula is C22H23N5O4S2. The number of rotatable bonds is 6. The maximum atomic E-state index is 12.7. The largest absolute Gasteiger partial charge is 0.422 e. The normalized spacial score (nSPS) is 16.4. The topological polar surface area (TPSA) is 110 Å². The minimum Gasteiger partial charge on any atom is -0.422 e. The highest BCUT2D eigenvalue weighted by atomic mass is 32.2. The minimum atomic E-state index is -3.61. The maximum absolute atomic E-state index is 12.7. The van der Waals surface area contributed by atoms with Crippen LogP contribution in [-0.2, 0) is 21.2 Å². The summed E-state index contributed by atoms with van der Waals surface area (Å²) in [6.07, 6.45) is 2.99. The van der Waals surface area contributed by atoms with E-state index in [0.717, 1.165) is 23.6 Å². The van der Waals surface area contributed by atoms with E-state index in [-0.39, 0.29) is 28.4 Å². The maximum Gasteiger partial charge on any atom is 0.328 e. The van der Waals surface area contributed by atoms with E-state index in [1.807, 2.05) is 12.1 Å². The Balaban J connectivity index is 1.37.